The van der Waals surface area contributed by atoms with Crippen LogP contribution in [0, 0.1) is 10.1 Å². The summed E-state index contributed by atoms with van der Waals surface area (Å²) in [6, 6.07) is 2.00. The molecule has 0 fully saturated rings. The first-order valence-electron chi connectivity index (χ1n) is 5.43. The molecule has 0 amide bonds. The molecule has 1 aromatic heterocycles. The fourth-order valence-electron chi connectivity index (χ4n) is 1.71. The van der Waals surface area contributed by atoms with Crippen LogP contribution in [0.25, 0.3) is 0 Å². The topological polar surface area (TPSA) is 68.1 Å². The molecular formula is C11H17N3O2. The van der Waals surface area contributed by atoms with Crippen molar-refractivity contribution in [2.75, 3.05) is 7.05 Å². The minimum Gasteiger partial charge on any atom is -0.317 e. The Balaban J connectivity index is 2.82. The molecule has 88 valence electrons. The molecule has 5 nitrogen and oxygen atoms in total. The summed E-state index contributed by atoms with van der Waals surface area (Å²) in [7, 11) is 1.88. The summed E-state index contributed by atoms with van der Waals surface area (Å²) < 4.78 is 0. The van der Waals surface area contributed by atoms with Gasteiger partial charge in [0, 0.05) is 17.8 Å². The van der Waals surface area contributed by atoms with Crippen LogP contribution in [-0.2, 0) is 6.42 Å². The lowest BCUT2D eigenvalue weighted by Crippen LogP contribution is -2.27. The van der Waals surface area contributed by atoms with Gasteiger partial charge >= 0.3 is 0 Å². The number of nitrogens with zero attached hydrogens (tertiary/aromatic N) is 2. The molecule has 1 heterocycles. The number of pyridine rings is 1. The van der Waals surface area contributed by atoms with Gasteiger partial charge in [-0.15, -0.1) is 0 Å². The molecule has 1 unspecified atom stereocenters. The van der Waals surface area contributed by atoms with Gasteiger partial charge in [-0.3, -0.25) is 15.1 Å². The summed E-state index contributed by atoms with van der Waals surface area (Å²) in [5, 5.41) is 14.0. The molecule has 0 aliphatic carbocycles. The van der Waals surface area contributed by atoms with Gasteiger partial charge in [0.1, 0.15) is 6.20 Å². The second-order valence-electron chi connectivity index (χ2n) is 3.74. The van der Waals surface area contributed by atoms with E-state index in [0.717, 1.165) is 18.4 Å². The Morgan fingerprint density at radius 1 is 1.62 bits per heavy atom. The highest BCUT2D eigenvalue weighted by molar-refractivity contribution is 5.37. The Hall–Kier alpha value is -1.49. The largest absolute Gasteiger partial charge is 0.317 e. The Labute approximate surface area is 95.0 Å². The zero-order valence-electron chi connectivity index (χ0n) is 9.64. The van der Waals surface area contributed by atoms with E-state index in [1.54, 1.807) is 12.3 Å². The number of hydrogen-bond acceptors (Lipinski definition) is 4. The maximum atomic E-state index is 10.8. The Morgan fingerprint density at radius 2 is 2.38 bits per heavy atom. The summed E-state index contributed by atoms with van der Waals surface area (Å²) in [6.07, 6.45) is 5.65. The molecule has 1 atom stereocenters. The monoisotopic (exact) mass is 223 g/mol. The molecule has 1 N–H and O–H groups in total. The van der Waals surface area contributed by atoms with E-state index in [-0.39, 0.29) is 16.7 Å². The van der Waals surface area contributed by atoms with Crippen LogP contribution in [-0.4, -0.2) is 23.0 Å². The van der Waals surface area contributed by atoms with Crippen LogP contribution in [0.4, 0.5) is 5.69 Å². The average Bonchev–Trinajstić information content (AvgIpc) is 2.29. The van der Waals surface area contributed by atoms with E-state index in [9.17, 15) is 10.1 Å². The molecular weight excluding hydrogens is 206 g/mol. The van der Waals surface area contributed by atoms with Crippen molar-refractivity contribution in [2.45, 2.75) is 32.2 Å². The third kappa shape index (κ3) is 3.27. The lowest BCUT2D eigenvalue weighted by atomic mass is 10.0. The molecule has 16 heavy (non-hydrogen) atoms. The van der Waals surface area contributed by atoms with Gasteiger partial charge in [-0.25, -0.2) is 0 Å². The first kappa shape index (κ1) is 12.6. The van der Waals surface area contributed by atoms with Crippen LogP contribution in [0.3, 0.4) is 0 Å². The number of hydrogen-bond donors (Lipinski definition) is 1. The Bertz CT molecular complexity index is 355. The van der Waals surface area contributed by atoms with Crippen molar-refractivity contribution < 1.29 is 4.92 Å². The Morgan fingerprint density at radius 3 is 2.94 bits per heavy atom. The van der Waals surface area contributed by atoms with Gasteiger partial charge in [-0.05, 0) is 26.0 Å². The summed E-state index contributed by atoms with van der Waals surface area (Å²) in [4.78, 5) is 14.2. The SMILES string of the molecule is CCCC(Cc1ccncc1[N+](=O)[O-])NC. The fourth-order valence-corrected chi connectivity index (χ4v) is 1.71. The minimum atomic E-state index is -0.374. The lowest BCUT2D eigenvalue weighted by molar-refractivity contribution is -0.385. The van der Waals surface area contributed by atoms with Crippen LogP contribution >= 0.6 is 0 Å². The highest BCUT2D eigenvalue weighted by atomic mass is 16.6. The molecule has 5 heteroatoms. The number of rotatable bonds is 6. The molecule has 0 aromatic carbocycles. The van der Waals surface area contributed by atoms with Gasteiger partial charge < -0.3 is 5.32 Å². The molecule has 0 aliphatic heterocycles. The van der Waals surface area contributed by atoms with E-state index in [4.69, 9.17) is 0 Å². The summed E-state index contributed by atoms with van der Waals surface area (Å²) in [5.74, 6) is 0. The fraction of sp³-hybridized carbons (Fsp3) is 0.545. The zero-order chi connectivity index (χ0) is 12.0. The molecule has 0 aliphatic rings. The smallest absolute Gasteiger partial charge is 0.290 e. The third-order valence-corrected chi connectivity index (χ3v) is 2.60. The maximum Gasteiger partial charge on any atom is 0.290 e. The van der Waals surface area contributed by atoms with E-state index >= 15 is 0 Å². The van der Waals surface area contributed by atoms with Crippen molar-refractivity contribution in [2.24, 2.45) is 0 Å². The maximum absolute atomic E-state index is 10.8. The second kappa shape index (κ2) is 6.17. The van der Waals surface area contributed by atoms with Crippen LogP contribution in [0.15, 0.2) is 18.5 Å². The third-order valence-electron chi connectivity index (χ3n) is 2.60. The second-order valence-corrected chi connectivity index (χ2v) is 3.74. The van der Waals surface area contributed by atoms with E-state index in [1.807, 2.05) is 7.05 Å². The van der Waals surface area contributed by atoms with Gasteiger partial charge in [0.2, 0.25) is 0 Å². The highest BCUT2D eigenvalue weighted by Crippen LogP contribution is 2.18. The van der Waals surface area contributed by atoms with Gasteiger partial charge in [-0.2, -0.15) is 0 Å². The molecule has 0 spiro atoms. The van der Waals surface area contributed by atoms with Crippen molar-refractivity contribution >= 4 is 5.69 Å². The predicted octanol–water partition coefficient (Wildman–Crippen LogP) is 1.92. The van der Waals surface area contributed by atoms with Gasteiger partial charge in [0.15, 0.2) is 0 Å². The summed E-state index contributed by atoms with van der Waals surface area (Å²) in [5.41, 5.74) is 0.853. The zero-order valence-corrected chi connectivity index (χ0v) is 9.64. The van der Waals surface area contributed by atoms with Crippen molar-refractivity contribution in [1.82, 2.24) is 10.3 Å². The average molecular weight is 223 g/mol. The minimum absolute atomic E-state index is 0.110. The van der Waals surface area contributed by atoms with Gasteiger partial charge in [-0.1, -0.05) is 13.3 Å². The standard InChI is InChI=1S/C11H17N3O2/c1-3-4-10(12-2)7-9-5-6-13-8-11(9)14(15)16/h5-6,8,10,12H,3-4,7H2,1-2H3. The number of likely N-dealkylation sites (N-methyl/N-ethyl adjacent to an activating group) is 1. The first-order chi connectivity index (χ1) is 7.69. The molecule has 0 saturated heterocycles. The van der Waals surface area contributed by atoms with Crippen LogP contribution in [0.1, 0.15) is 25.3 Å². The molecule has 0 bridgehead atoms. The molecule has 0 saturated carbocycles. The van der Waals surface area contributed by atoms with Crippen molar-refractivity contribution in [3.8, 4) is 0 Å². The van der Waals surface area contributed by atoms with Gasteiger partial charge in [0.05, 0.1) is 4.92 Å². The molecule has 1 aromatic rings. The highest BCUT2D eigenvalue weighted by Gasteiger charge is 2.16. The summed E-state index contributed by atoms with van der Waals surface area (Å²) in [6.45, 7) is 2.10. The Kier molecular flexibility index (Phi) is 4.85. The van der Waals surface area contributed by atoms with Crippen molar-refractivity contribution in [1.29, 1.82) is 0 Å². The van der Waals surface area contributed by atoms with Crippen LogP contribution in [0.5, 0.6) is 0 Å². The normalized spacial score (nSPS) is 12.4. The van der Waals surface area contributed by atoms with E-state index in [1.165, 1.54) is 6.20 Å². The van der Waals surface area contributed by atoms with Crippen molar-refractivity contribution in [3.63, 3.8) is 0 Å². The number of aromatic nitrogens is 1. The van der Waals surface area contributed by atoms with Gasteiger partial charge in [0.25, 0.3) is 5.69 Å². The van der Waals surface area contributed by atoms with Crippen LogP contribution in [0.2, 0.25) is 0 Å². The quantitative estimate of drug-likeness (QED) is 0.591. The van der Waals surface area contributed by atoms with Crippen molar-refractivity contribution in [3.05, 3.63) is 34.1 Å². The van der Waals surface area contributed by atoms with E-state index in [0.29, 0.717) is 6.42 Å². The van der Waals surface area contributed by atoms with E-state index in [2.05, 4.69) is 17.2 Å². The number of nitro groups is 1. The number of nitrogens with one attached hydrogen (secondary N) is 1. The first-order valence-corrected chi connectivity index (χ1v) is 5.43. The predicted molar refractivity (Wildman–Crippen MR) is 62.4 cm³/mol. The molecule has 0 radical (unpaired) electrons. The molecule has 1 rings (SSSR count). The van der Waals surface area contributed by atoms with E-state index < -0.39 is 0 Å². The lowest BCUT2D eigenvalue weighted by Gasteiger charge is -2.14. The summed E-state index contributed by atoms with van der Waals surface area (Å²) >= 11 is 0. The van der Waals surface area contributed by atoms with Crippen LogP contribution < -0.4 is 5.32 Å².